The number of para-hydroxylation sites is 2. The van der Waals surface area contributed by atoms with Crippen molar-refractivity contribution in [1.82, 2.24) is 4.57 Å². The molecule has 2 aromatic carbocycles. The molecule has 3 aromatic rings. The minimum absolute atomic E-state index is 0.372. The number of fused-ring (bicyclic) bond motifs is 3. The minimum Gasteiger partial charge on any atom is -0.389 e. The molecule has 0 aliphatic carbocycles. The highest BCUT2D eigenvalue weighted by atomic mass is 16.5. The minimum atomic E-state index is -0.492. The zero-order chi connectivity index (χ0) is 13.9. The summed E-state index contributed by atoms with van der Waals surface area (Å²) < 4.78 is 7.48. The van der Waals surface area contributed by atoms with E-state index < -0.39 is 6.10 Å². The molecule has 0 radical (unpaired) electrons. The topological polar surface area (TPSA) is 34.4 Å². The number of aromatic nitrogens is 1. The first-order valence-corrected chi connectivity index (χ1v) is 7.03. The van der Waals surface area contributed by atoms with E-state index >= 15 is 0 Å². The van der Waals surface area contributed by atoms with Gasteiger partial charge in [0.2, 0.25) is 0 Å². The van der Waals surface area contributed by atoms with E-state index in [1.165, 1.54) is 10.8 Å². The summed E-state index contributed by atoms with van der Waals surface area (Å²) in [5, 5.41) is 12.6. The van der Waals surface area contributed by atoms with Crippen molar-refractivity contribution in [3.63, 3.8) is 0 Å². The van der Waals surface area contributed by atoms with Gasteiger partial charge in [-0.1, -0.05) is 36.4 Å². The lowest BCUT2D eigenvalue weighted by Crippen LogP contribution is -2.21. The highest BCUT2D eigenvalue weighted by molar-refractivity contribution is 6.07. The maximum Gasteiger partial charge on any atom is 0.0952 e. The van der Waals surface area contributed by atoms with Crippen LogP contribution in [0, 0.1) is 0 Å². The Morgan fingerprint density at radius 3 is 2.10 bits per heavy atom. The number of aliphatic hydroxyl groups is 1. The summed E-state index contributed by atoms with van der Waals surface area (Å²) >= 11 is 0. The van der Waals surface area contributed by atoms with Gasteiger partial charge >= 0.3 is 0 Å². The monoisotopic (exact) mass is 269 g/mol. The predicted octanol–water partition coefficient (Wildman–Crippen LogP) is 3.19. The fraction of sp³-hybridized carbons (Fsp3) is 0.294. The molecule has 0 saturated carbocycles. The first-order valence-electron chi connectivity index (χ1n) is 7.03. The molecule has 0 amide bonds. The molecule has 1 atom stereocenters. The zero-order valence-corrected chi connectivity index (χ0v) is 11.6. The summed E-state index contributed by atoms with van der Waals surface area (Å²) in [5.41, 5.74) is 2.31. The normalized spacial score (nSPS) is 13.1. The molecule has 0 saturated heterocycles. The number of hydrogen-bond donors (Lipinski definition) is 1. The molecular formula is C17H19NO2. The van der Waals surface area contributed by atoms with Crippen molar-refractivity contribution in [2.45, 2.75) is 19.6 Å². The lowest BCUT2D eigenvalue weighted by Gasteiger charge is -2.13. The SMILES string of the molecule is CCOC[C@H](O)Cn1c2ccccc2c2ccccc21. The Labute approximate surface area is 118 Å². The Hall–Kier alpha value is -1.84. The van der Waals surface area contributed by atoms with E-state index in [1.54, 1.807) is 0 Å². The van der Waals surface area contributed by atoms with Crippen molar-refractivity contribution < 1.29 is 9.84 Å². The van der Waals surface area contributed by atoms with Crippen LogP contribution in [0.4, 0.5) is 0 Å². The maximum absolute atomic E-state index is 10.1. The lowest BCUT2D eigenvalue weighted by molar-refractivity contribution is 0.0347. The van der Waals surface area contributed by atoms with Gasteiger partial charge in [-0.15, -0.1) is 0 Å². The van der Waals surface area contributed by atoms with Crippen LogP contribution in [0.3, 0.4) is 0 Å². The Bertz CT molecular complexity index is 664. The summed E-state index contributed by atoms with van der Waals surface area (Å²) in [5.74, 6) is 0. The van der Waals surface area contributed by atoms with E-state index in [9.17, 15) is 5.11 Å². The number of benzene rings is 2. The Morgan fingerprint density at radius 1 is 1.00 bits per heavy atom. The fourth-order valence-corrected chi connectivity index (χ4v) is 2.72. The van der Waals surface area contributed by atoms with Crippen molar-refractivity contribution in [1.29, 1.82) is 0 Å². The molecule has 0 aliphatic rings. The molecule has 0 bridgehead atoms. The molecule has 3 rings (SSSR count). The molecule has 3 heteroatoms. The number of nitrogens with zero attached hydrogens (tertiary/aromatic N) is 1. The molecule has 20 heavy (non-hydrogen) atoms. The van der Waals surface area contributed by atoms with Crippen molar-refractivity contribution in [3.8, 4) is 0 Å². The largest absolute Gasteiger partial charge is 0.389 e. The second-order valence-corrected chi connectivity index (χ2v) is 4.96. The standard InChI is InChI=1S/C17H19NO2/c1-2-20-12-13(19)11-18-16-9-5-3-7-14(16)15-8-4-6-10-17(15)18/h3-10,13,19H,2,11-12H2,1H3/t13-/m1/s1. The van der Waals surface area contributed by atoms with Crippen LogP contribution in [0.5, 0.6) is 0 Å². The smallest absolute Gasteiger partial charge is 0.0952 e. The predicted molar refractivity (Wildman–Crippen MR) is 81.9 cm³/mol. The molecule has 104 valence electrons. The van der Waals surface area contributed by atoms with Crippen LogP contribution in [-0.2, 0) is 11.3 Å². The molecule has 1 aromatic heterocycles. The van der Waals surface area contributed by atoms with Crippen LogP contribution >= 0.6 is 0 Å². The third-order valence-electron chi connectivity index (χ3n) is 3.59. The fourth-order valence-electron chi connectivity index (χ4n) is 2.72. The van der Waals surface area contributed by atoms with E-state index in [0.717, 1.165) is 11.0 Å². The Morgan fingerprint density at radius 2 is 1.55 bits per heavy atom. The summed E-state index contributed by atoms with van der Waals surface area (Å²) in [6.45, 7) is 3.49. The molecule has 0 spiro atoms. The zero-order valence-electron chi connectivity index (χ0n) is 11.6. The molecule has 1 N–H and O–H groups in total. The van der Waals surface area contributed by atoms with E-state index in [-0.39, 0.29) is 0 Å². The van der Waals surface area contributed by atoms with Crippen LogP contribution in [-0.4, -0.2) is 29.0 Å². The van der Waals surface area contributed by atoms with Gasteiger partial charge in [-0.3, -0.25) is 0 Å². The van der Waals surface area contributed by atoms with E-state index in [0.29, 0.717) is 19.8 Å². The summed E-state index contributed by atoms with van der Waals surface area (Å²) in [6, 6.07) is 16.6. The average Bonchev–Trinajstić information content (AvgIpc) is 2.80. The van der Waals surface area contributed by atoms with Gasteiger partial charge in [0.1, 0.15) is 0 Å². The second-order valence-electron chi connectivity index (χ2n) is 4.96. The summed E-state index contributed by atoms with van der Waals surface area (Å²) in [6.07, 6.45) is -0.492. The number of aliphatic hydroxyl groups excluding tert-OH is 1. The van der Waals surface area contributed by atoms with Gasteiger partial charge in [-0.2, -0.15) is 0 Å². The Balaban J connectivity index is 2.07. The summed E-state index contributed by atoms with van der Waals surface area (Å²) in [4.78, 5) is 0. The second kappa shape index (κ2) is 5.65. The van der Waals surface area contributed by atoms with Gasteiger partial charge in [0, 0.05) is 28.4 Å². The highest BCUT2D eigenvalue weighted by Crippen LogP contribution is 2.28. The molecule has 0 fully saturated rings. The number of hydrogen-bond acceptors (Lipinski definition) is 2. The van der Waals surface area contributed by atoms with Crippen molar-refractivity contribution in [3.05, 3.63) is 48.5 Å². The Kier molecular flexibility index (Phi) is 3.72. The molecule has 1 heterocycles. The summed E-state index contributed by atoms with van der Waals surface area (Å²) in [7, 11) is 0. The molecule has 3 nitrogen and oxygen atoms in total. The van der Waals surface area contributed by atoms with E-state index in [4.69, 9.17) is 4.74 Å². The van der Waals surface area contributed by atoms with Crippen LogP contribution < -0.4 is 0 Å². The maximum atomic E-state index is 10.1. The van der Waals surface area contributed by atoms with Crippen LogP contribution in [0.1, 0.15) is 6.92 Å². The molecule has 0 aliphatic heterocycles. The molecule has 0 unspecified atom stereocenters. The first-order chi connectivity index (χ1) is 9.81. The first kappa shape index (κ1) is 13.2. The highest BCUT2D eigenvalue weighted by Gasteiger charge is 2.12. The number of rotatable bonds is 5. The van der Waals surface area contributed by atoms with Crippen molar-refractivity contribution >= 4 is 21.8 Å². The van der Waals surface area contributed by atoms with Crippen molar-refractivity contribution in [2.75, 3.05) is 13.2 Å². The number of ether oxygens (including phenoxy) is 1. The van der Waals surface area contributed by atoms with Crippen LogP contribution in [0.2, 0.25) is 0 Å². The lowest BCUT2D eigenvalue weighted by atomic mass is 10.2. The third kappa shape index (κ3) is 2.30. The van der Waals surface area contributed by atoms with Gasteiger partial charge in [0.25, 0.3) is 0 Å². The average molecular weight is 269 g/mol. The quantitative estimate of drug-likeness (QED) is 0.772. The van der Waals surface area contributed by atoms with Crippen LogP contribution in [0.15, 0.2) is 48.5 Å². The van der Waals surface area contributed by atoms with Gasteiger partial charge in [0.15, 0.2) is 0 Å². The molecular weight excluding hydrogens is 250 g/mol. The third-order valence-corrected chi connectivity index (χ3v) is 3.59. The van der Waals surface area contributed by atoms with E-state index in [2.05, 4.69) is 41.0 Å². The van der Waals surface area contributed by atoms with Gasteiger partial charge in [-0.25, -0.2) is 0 Å². The van der Waals surface area contributed by atoms with Gasteiger partial charge < -0.3 is 14.4 Å². The van der Waals surface area contributed by atoms with Gasteiger partial charge in [0.05, 0.1) is 19.3 Å². The van der Waals surface area contributed by atoms with Crippen LogP contribution in [0.25, 0.3) is 21.8 Å². The van der Waals surface area contributed by atoms with Gasteiger partial charge in [-0.05, 0) is 19.1 Å². The van der Waals surface area contributed by atoms with E-state index in [1.807, 2.05) is 19.1 Å². The van der Waals surface area contributed by atoms with Crippen molar-refractivity contribution in [2.24, 2.45) is 0 Å².